The number of aliphatic hydroxyl groups is 1. The number of thioether (sulfide) groups is 2. The molecule has 0 spiro atoms. The highest BCUT2D eigenvalue weighted by Gasteiger charge is 1.97. The van der Waals surface area contributed by atoms with Gasteiger partial charge in [0.15, 0.2) is 0 Å². The van der Waals surface area contributed by atoms with Gasteiger partial charge in [0.25, 0.3) is 0 Å². The molecule has 1 atom stereocenters. The molecule has 0 aliphatic heterocycles. The predicted octanol–water partition coefficient (Wildman–Crippen LogP) is 4.60. The summed E-state index contributed by atoms with van der Waals surface area (Å²) in [5, 5.41) is 8.94. The quantitative estimate of drug-likeness (QED) is 0.715. The van der Waals surface area contributed by atoms with Gasteiger partial charge in [-0.05, 0) is 24.7 Å². The van der Waals surface area contributed by atoms with Gasteiger partial charge in [-0.3, -0.25) is 0 Å². The Bertz CT molecular complexity index is 52.2. The minimum atomic E-state index is -0.151. The van der Waals surface area contributed by atoms with Crippen molar-refractivity contribution in [3.63, 3.8) is 0 Å². The molecule has 1 nitrogen and oxygen atoms in total. The van der Waals surface area contributed by atoms with Crippen molar-refractivity contribution in [1.29, 1.82) is 0 Å². The molecule has 0 aliphatic rings. The van der Waals surface area contributed by atoms with Crippen molar-refractivity contribution >= 4 is 23.5 Å². The zero-order valence-corrected chi connectivity index (χ0v) is 6.89. The second-order valence-electron chi connectivity index (χ2n) is 1.47. The molecule has 1 unspecified atom stereocenters. The lowest BCUT2D eigenvalue weighted by molar-refractivity contribution is 0.261. The summed E-state index contributed by atoms with van der Waals surface area (Å²) >= 11 is 3.28. The van der Waals surface area contributed by atoms with Crippen LogP contribution in [0.25, 0.3) is 0 Å². The SMILES string of the molecule is C.C.C.C.C.CSCCC(O)SC. The van der Waals surface area contributed by atoms with Gasteiger partial charge in [-0.2, -0.15) is 11.8 Å². The molecule has 1 N–H and O–H groups in total. The Labute approximate surface area is 96.1 Å². The first kappa shape index (κ1) is 37.3. The molecule has 0 radical (unpaired) electrons. The maximum Gasteiger partial charge on any atom is 0.0997 e. The molecule has 0 heterocycles. The lowest BCUT2D eigenvalue weighted by Gasteiger charge is -2.03. The monoisotopic (exact) mass is 232 g/mol. The van der Waals surface area contributed by atoms with E-state index in [1.165, 1.54) is 11.8 Å². The summed E-state index contributed by atoms with van der Waals surface area (Å²) in [6.45, 7) is 0. The minimum Gasteiger partial charge on any atom is -0.382 e. The Morgan fingerprint density at radius 3 is 1.62 bits per heavy atom. The molecule has 90 valence electrons. The number of hydrogen-bond acceptors (Lipinski definition) is 3. The third-order valence-electron chi connectivity index (χ3n) is 0.841. The number of aliphatic hydroxyl groups excluding tert-OH is 1. The Hall–Kier alpha value is 0.660. The molecule has 0 saturated carbocycles. The molecule has 0 fully saturated rings. The molecule has 3 heteroatoms. The summed E-state index contributed by atoms with van der Waals surface area (Å²) in [5.74, 6) is 1.06. The van der Waals surface area contributed by atoms with E-state index < -0.39 is 0 Å². The lowest BCUT2D eigenvalue weighted by Crippen LogP contribution is -1.99. The van der Waals surface area contributed by atoms with E-state index in [-0.39, 0.29) is 42.6 Å². The number of rotatable bonds is 4. The van der Waals surface area contributed by atoms with Crippen molar-refractivity contribution in [2.24, 2.45) is 0 Å². The van der Waals surface area contributed by atoms with Crippen LogP contribution in [-0.2, 0) is 0 Å². The van der Waals surface area contributed by atoms with Crippen LogP contribution in [0.3, 0.4) is 0 Å². The second kappa shape index (κ2) is 29.3. The standard InChI is InChI=1S/C5H12OS2.5CH4/c1-7-4-3-5(6)8-2;;;;;/h5-6H,3-4H2,1-2H3;5*1H4. The maximum atomic E-state index is 8.94. The zero-order valence-electron chi connectivity index (χ0n) is 5.26. The van der Waals surface area contributed by atoms with Gasteiger partial charge in [-0.25, -0.2) is 0 Å². The zero-order chi connectivity index (χ0) is 6.41. The predicted molar refractivity (Wildman–Crippen MR) is 76.2 cm³/mol. The highest BCUT2D eigenvalue weighted by molar-refractivity contribution is 7.99. The van der Waals surface area contributed by atoms with Gasteiger partial charge in [0, 0.05) is 0 Å². The fraction of sp³-hybridized carbons (Fsp3) is 1.00. The van der Waals surface area contributed by atoms with Crippen molar-refractivity contribution in [3.05, 3.63) is 0 Å². The average molecular weight is 232 g/mol. The van der Waals surface area contributed by atoms with Crippen LogP contribution in [-0.4, -0.2) is 28.8 Å². The molecule has 0 bridgehead atoms. The Balaban J connectivity index is -0.0000000245. The van der Waals surface area contributed by atoms with E-state index in [1.54, 1.807) is 11.8 Å². The summed E-state index contributed by atoms with van der Waals surface area (Å²) in [5.41, 5.74) is -0.151. The van der Waals surface area contributed by atoms with Crippen molar-refractivity contribution in [3.8, 4) is 0 Å². The third kappa shape index (κ3) is 32.4. The van der Waals surface area contributed by atoms with Crippen LogP contribution in [0.2, 0.25) is 0 Å². The molecule has 0 rings (SSSR count). The van der Waals surface area contributed by atoms with E-state index >= 15 is 0 Å². The summed E-state index contributed by atoms with van der Waals surface area (Å²) in [6.07, 6.45) is 4.88. The van der Waals surface area contributed by atoms with Crippen molar-refractivity contribution in [2.75, 3.05) is 18.3 Å². The number of hydrogen-bond donors (Lipinski definition) is 1. The van der Waals surface area contributed by atoms with Gasteiger partial charge in [0.1, 0.15) is 0 Å². The average Bonchev–Trinajstić information content (AvgIpc) is 1.83. The van der Waals surface area contributed by atoms with Gasteiger partial charge in [-0.15, -0.1) is 11.8 Å². The Kier molecular flexibility index (Phi) is 84.2. The first-order valence-corrected chi connectivity index (χ1v) is 5.19. The van der Waals surface area contributed by atoms with Crippen molar-refractivity contribution in [2.45, 2.75) is 49.0 Å². The molecular formula is C10H32OS2. The van der Waals surface area contributed by atoms with E-state index in [2.05, 4.69) is 0 Å². The summed E-state index contributed by atoms with van der Waals surface area (Å²) < 4.78 is 0. The van der Waals surface area contributed by atoms with Gasteiger partial charge < -0.3 is 5.11 Å². The molecule has 0 saturated heterocycles. The molecule has 13 heavy (non-hydrogen) atoms. The van der Waals surface area contributed by atoms with Crippen molar-refractivity contribution < 1.29 is 5.11 Å². The van der Waals surface area contributed by atoms with E-state index in [0.717, 1.165) is 12.2 Å². The smallest absolute Gasteiger partial charge is 0.0997 e. The topological polar surface area (TPSA) is 20.2 Å². The Morgan fingerprint density at radius 2 is 1.38 bits per heavy atom. The van der Waals surface area contributed by atoms with Crippen LogP contribution in [0.5, 0.6) is 0 Å². The van der Waals surface area contributed by atoms with Gasteiger partial charge in [-0.1, -0.05) is 37.1 Å². The minimum absolute atomic E-state index is 0. The third-order valence-corrected chi connectivity index (χ3v) is 2.26. The van der Waals surface area contributed by atoms with Gasteiger partial charge in [0.05, 0.1) is 5.44 Å². The van der Waals surface area contributed by atoms with Crippen LogP contribution < -0.4 is 0 Å². The van der Waals surface area contributed by atoms with Gasteiger partial charge >= 0.3 is 0 Å². The highest BCUT2D eigenvalue weighted by Crippen LogP contribution is 2.09. The molecule has 0 amide bonds. The van der Waals surface area contributed by atoms with E-state index in [0.29, 0.717) is 0 Å². The lowest BCUT2D eigenvalue weighted by atomic mass is 10.5. The van der Waals surface area contributed by atoms with Crippen LogP contribution in [0.15, 0.2) is 0 Å². The van der Waals surface area contributed by atoms with Crippen LogP contribution in [0.1, 0.15) is 43.6 Å². The van der Waals surface area contributed by atoms with Crippen LogP contribution >= 0.6 is 23.5 Å². The second-order valence-corrected chi connectivity index (χ2v) is 3.47. The Morgan fingerprint density at radius 1 is 1.00 bits per heavy atom. The fourth-order valence-electron chi connectivity index (χ4n) is 0.337. The van der Waals surface area contributed by atoms with E-state index in [4.69, 9.17) is 5.11 Å². The normalized spacial score (nSPS) is 8.54. The van der Waals surface area contributed by atoms with E-state index in [9.17, 15) is 0 Å². The maximum absolute atomic E-state index is 8.94. The van der Waals surface area contributed by atoms with Crippen molar-refractivity contribution in [1.82, 2.24) is 0 Å². The highest BCUT2D eigenvalue weighted by atomic mass is 32.2. The first-order valence-electron chi connectivity index (χ1n) is 2.51. The van der Waals surface area contributed by atoms with Crippen LogP contribution in [0, 0.1) is 0 Å². The summed E-state index contributed by atoms with van der Waals surface area (Å²) in [7, 11) is 0. The largest absolute Gasteiger partial charge is 0.382 e. The molecular weight excluding hydrogens is 200 g/mol. The van der Waals surface area contributed by atoms with Gasteiger partial charge in [0.2, 0.25) is 0 Å². The molecule has 0 aromatic heterocycles. The first-order chi connectivity index (χ1) is 3.81. The molecule has 0 aromatic rings. The van der Waals surface area contributed by atoms with Crippen LogP contribution in [0.4, 0.5) is 0 Å². The molecule has 0 aromatic carbocycles. The van der Waals surface area contributed by atoms with E-state index in [1.807, 2.05) is 12.5 Å². The fourth-order valence-corrected chi connectivity index (χ4v) is 1.30. The summed E-state index contributed by atoms with van der Waals surface area (Å²) in [6, 6.07) is 0. The summed E-state index contributed by atoms with van der Waals surface area (Å²) in [4.78, 5) is 0. The molecule has 0 aliphatic carbocycles.